The highest BCUT2D eigenvalue weighted by atomic mass is 28.3. The van der Waals surface area contributed by atoms with E-state index in [1.807, 2.05) is 0 Å². The van der Waals surface area contributed by atoms with Crippen LogP contribution in [-0.4, -0.2) is 19.1 Å². The van der Waals surface area contributed by atoms with Gasteiger partial charge in [-0.05, 0) is 12.5 Å². The van der Waals surface area contributed by atoms with Crippen molar-refractivity contribution in [1.29, 1.82) is 0 Å². The maximum atomic E-state index is 10.5. The molecule has 0 atom stereocenters. The fourth-order valence-corrected chi connectivity index (χ4v) is 9.31. The van der Waals surface area contributed by atoms with E-state index < -0.39 is 14.0 Å². The Kier molecular flexibility index (Phi) is 7.53. The summed E-state index contributed by atoms with van der Waals surface area (Å²) in [5.41, 5.74) is 2.30. The van der Waals surface area contributed by atoms with Crippen LogP contribution in [-0.2, 0) is 4.79 Å². The number of carboxylic acid groups (broad SMARTS) is 1. The number of allylic oxidation sites excluding steroid dienone is 2. The van der Waals surface area contributed by atoms with Crippen molar-refractivity contribution in [3.63, 3.8) is 0 Å². The number of carbonyl (C=O) groups is 1. The average Bonchev–Trinajstić information content (AvgIpc) is 2.20. The van der Waals surface area contributed by atoms with Gasteiger partial charge in [0.2, 0.25) is 0 Å². The van der Waals surface area contributed by atoms with Crippen molar-refractivity contribution < 1.29 is 9.90 Å². The minimum Gasteiger partial charge on any atom is -0.481 e. The van der Waals surface area contributed by atoms with Crippen LogP contribution in [0.5, 0.6) is 0 Å². The Bertz CT molecular complexity index is 258. The second-order valence-electron chi connectivity index (χ2n) is 6.18. The first-order valence-corrected chi connectivity index (χ1v) is 9.55. The Labute approximate surface area is 113 Å². The van der Waals surface area contributed by atoms with E-state index in [-0.39, 0.29) is 6.42 Å². The molecule has 0 aliphatic carbocycles. The molecule has 18 heavy (non-hydrogen) atoms. The molecule has 0 aromatic carbocycles. The molecule has 0 unspecified atom stereocenters. The van der Waals surface area contributed by atoms with E-state index in [9.17, 15) is 4.79 Å². The van der Waals surface area contributed by atoms with Gasteiger partial charge in [-0.15, -0.1) is 0 Å². The summed E-state index contributed by atoms with van der Waals surface area (Å²) >= 11 is 0. The smallest absolute Gasteiger partial charge is 0.303 e. The highest BCUT2D eigenvalue weighted by Crippen LogP contribution is 2.44. The van der Waals surface area contributed by atoms with Crippen molar-refractivity contribution in [3.8, 4) is 0 Å². The van der Waals surface area contributed by atoms with Crippen LogP contribution in [0.2, 0.25) is 22.7 Å². The summed E-state index contributed by atoms with van der Waals surface area (Å²) < 4.78 is 0. The van der Waals surface area contributed by atoms with Crippen LogP contribution >= 0.6 is 0 Å². The molecule has 2 nitrogen and oxygen atoms in total. The minimum atomic E-state index is -1.34. The van der Waals surface area contributed by atoms with Gasteiger partial charge in [0.15, 0.2) is 0 Å². The zero-order valence-electron chi connectivity index (χ0n) is 12.9. The molecule has 0 spiro atoms. The molecule has 0 aliphatic heterocycles. The van der Waals surface area contributed by atoms with Gasteiger partial charge in [-0.25, -0.2) is 0 Å². The molecule has 0 saturated carbocycles. The Morgan fingerprint density at radius 2 is 1.44 bits per heavy atom. The van der Waals surface area contributed by atoms with Gasteiger partial charge in [0.05, 0.1) is 8.07 Å². The molecule has 0 aromatic heterocycles. The third-order valence-electron chi connectivity index (χ3n) is 4.39. The van der Waals surface area contributed by atoms with Crippen molar-refractivity contribution in [3.05, 3.63) is 12.2 Å². The molecule has 0 saturated heterocycles. The normalized spacial score (nSPS) is 13.2. The summed E-state index contributed by atoms with van der Waals surface area (Å²) in [6.07, 6.45) is 5.21. The topological polar surface area (TPSA) is 37.3 Å². The molecule has 3 heteroatoms. The molecule has 0 radical (unpaired) electrons. The van der Waals surface area contributed by atoms with Crippen LogP contribution in [0.15, 0.2) is 12.2 Å². The van der Waals surface area contributed by atoms with E-state index in [4.69, 9.17) is 5.11 Å². The molecule has 0 aliphatic rings. The van der Waals surface area contributed by atoms with Crippen molar-refractivity contribution in [2.24, 2.45) is 0 Å². The molecule has 0 heterocycles. The first kappa shape index (κ1) is 17.4. The zero-order valence-corrected chi connectivity index (χ0v) is 13.9. The van der Waals surface area contributed by atoms with Crippen molar-refractivity contribution >= 4 is 14.0 Å². The maximum absolute atomic E-state index is 10.5. The van der Waals surface area contributed by atoms with Crippen LogP contribution in [0.25, 0.3) is 0 Å². The summed E-state index contributed by atoms with van der Waals surface area (Å²) in [5.74, 6) is -0.709. The lowest BCUT2D eigenvalue weighted by atomic mass is 10.3. The summed E-state index contributed by atoms with van der Waals surface area (Å²) in [7, 11) is -1.34. The molecular formula is C15H30O2Si. The lowest BCUT2D eigenvalue weighted by Crippen LogP contribution is -2.43. The molecule has 106 valence electrons. The van der Waals surface area contributed by atoms with Crippen molar-refractivity contribution in [2.75, 3.05) is 0 Å². The van der Waals surface area contributed by atoms with Crippen LogP contribution in [0.4, 0.5) is 0 Å². The van der Waals surface area contributed by atoms with Gasteiger partial charge >= 0.3 is 5.97 Å². The molecule has 0 fully saturated rings. The first-order chi connectivity index (χ1) is 8.25. The summed E-state index contributed by atoms with van der Waals surface area (Å²) in [5, 5.41) is 8.61. The number of carboxylic acids is 1. The zero-order chi connectivity index (χ0) is 14.3. The van der Waals surface area contributed by atoms with Gasteiger partial charge in [-0.3, -0.25) is 4.79 Å². The predicted molar refractivity (Wildman–Crippen MR) is 81.9 cm³/mol. The van der Waals surface area contributed by atoms with Crippen molar-refractivity contribution in [2.45, 2.75) is 77.1 Å². The SMILES string of the molecule is CC(C)[Si](CC=CCCC(=O)O)(C(C)C)C(C)C. The highest BCUT2D eigenvalue weighted by Gasteiger charge is 2.41. The molecular weight excluding hydrogens is 240 g/mol. The van der Waals surface area contributed by atoms with Gasteiger partial charge in [-0.2, -0.15) is 0 Å². The van der Waals surface area contributed by atoms with Gasteiger partial charge in [-0.1, -0.05) is 70.3 Å². The maximum Gasteiger partial charge on any atom is 0.303 e. The largest absolute Gasteiger partial charge is 0.481 e. The molecule has 1 N–H and O–H groups in total. The van der Waals surface area contributed by atoms with Crippen LogP contribution in [0, 0.1) is 0 Å². The number of rotatable bonds is 8. The highest BCUT2D eigenvalue weighted by molar-refractivity contribution is 6.83. The predicted octanol–water partition coefficient (Wildman–Crippen LogP) is 5.09. The van der Waals surface area contributed by atoms with E-state index in [1.54, 1.807) is 0 Å². The van der Waals surface area contributed by atoms with Crippen molar-refractivity contribution in [1.82, 2.24) is 0 Å². The van der Waals surface area contributed by atoms with E-state index in [0.717, 1.165) is 16.6 Å². The Hall–Kier alpha value is -0.573. The molecule has 0 amide bonds. The van der Waals surface area contributed by atoms with Crippen LogP contribution < -0.4 is 0 Å². The van der Waals surface area contributed by atoms with E-state index in [2.05, 4.69) is 53.7 Å². The lowest BCUT2D eigenvalue weighted by Gasteiger charge is -2.42. The monoisotopic (exact) mass is 270 g/mol. The van der Waals surface area contributed by atoms with E-state index in [0.29, 0.717) is 6.42 Å². The number of hydrogen-bond acceptors (Lipinski definition) is 1. The number of hydrogen-bond donors (Lipinski definition) is 1. The first-order valence-electron chi connectivity index (χ1n) is 7.11. The fourth-order valence-electron chi connectivity index (χ4n) is 3.32. The standard InChI is InChI=1S/C15H30O2Si/c1-12(2)18(13(3)4,14(5)6)11-9-7-8-10-15(16)17/h7,9,12-14H,8,10-11H2,1-6H3,(H,16,17). The van der Waals surface area contributed by atoms with E-state index in [1.165, 1.54) is 6.04 Å². The van der Waals surface area contributed by atoms with Gasteiger partial charge in [0, 0.05) is 6.42 Å². The van der Waals surface area contributed by atoms with Gasteiger partial charge in [0.25, 0.3) is 0 Å². The fraction of sp³-hybridized carbons (Fsp3) is 0.800. The third kappa shape index (κ3) is 4.60. The Morgan fingerprint density at radius 1 is 1.00 bits per heavy atom. The van der Waals surface area contributed by atoms with Crippen LogP contribution in [0.1, 0.15) is 54.4 Å². The lowest BCUT2D eigenvalue weighted by molar-refractivity contribution is -0.136. The summed E-state index contributed by atoms with van der Waals surface area (Å²) in [4.78, 5) is 10.5. The van der Waals surface area contributed by atoms with Crippen LogP contribution in [0.3, 0.4) is 0 Å². The molecule has 0 aromatic rings. The molecule has 0 rings (SSSR count). The third-order valence-corrected chi connectivity index (χ3v) is 11.8. The second-order valence-corrected chi connectivity index (χ2v) is 12.3. The van der Waals surface area contributed by atoms with E-state index >= 15 is 0 Å². The molecule has 0 bridgehead atoms. The Balaban J connectivity index is 4.65. The number of aliphatic carboxylic acids is 1. The van der Waals surface area contributed by atoms with Gasteiger partial charge < -0.3 is 5.11 Å². The second kappa shape index (κ2) is 7.77. The summed E-state index contributed by atoms with van der Waals surface area (Å²) in [6.45, 7) is 14.2. The van der Waals surface area contributed by atoms with Gasteiger partial charge in [0.1, 0.15) is 0 Å². The summed E-state index contributed by atoms with van der Waals surface area (Å²) in [6, 6.07) is 1.18. The quantitative estimate of drug-likeness (QED) is 0.493. The Morgan fingerprint density at radius 3 is 1.78 bits per heavy atom. The average molecular weight is 270 g/mol. The minimum absolute atomic E-state index is 0.246.